The van der Waals surface area contributed by atoms with E-state index in [0.717, 1.165) is 23.8 Å². The van der Waals surface area contributed by atoms with Gasteiger partial charge in [0, 0.05) is 18.6 Å². The van der Waals surface area contributed by atoms with E-state index in [1.54, 1.807) is 6.92 Å². The van der Waals surface area contributed by atoms with Gasteiger partial charge in [-0.25, -0.2) is 9.37 Å². The van der Waals surface area contributed by atoms with Crippen molar-refractivity contribution in [3.05, 3.63) is 86.8 Å². The molecule has 0 bridgehead atoms. The van der Waals surface area contributed by atoms with Crippen LogP contribution in [0.1, 0.15) is 22.4 Å². The number of nitrogens with two attached hydrogens (primary N) is 1. The van der Waals surface area contributed by atoms with Crippen LogP contribution in [0.5, 0.6) is 0 Å². The number of benzene rings is 2. The monoisotopic (exact) mass is 390 g/mol. The van der Waals surface area contributed by atoms with E-state index in [0.29, 0.717) is 23.2 Å². The lowest BCUT2D eigenvalue weighted by Crippen LogP contribution is -2.04. The van der Waals surface area contributed by atoms with E-state index in [2.05, 4.69) is 21.3 Å². The summed E-state index contributed by atoms with van der Waals surface area (Å²) in [5.74, 6) is -0.744. The number of pyridine rings is 1. The maximum absolute atomic E-state index is 13.9. The molecule has 144 valence electrons. The summed E-state index contributed by atoms with van der Waals surface area (Å²) < 4.78 is 13.9. The maximum Gasteiger partial charge on any atom is 0.271 e. The first kappa shape index (κ1) is 19.6. The Bertz CT molecular complexity index is 1160. The number of hydrogen-bond donors (Lipinski definition) is 1. The normalized spacial score (nSPS) is 10.8. The molecule has 8 nitrogen and oxygen atoms in total. The molecule has 0 spiro atoms. The Morgan fingerprint density at radius 2 is 1.97 bits per heavy atom. The molecule has 1 heterocycles. The van der Waals surface area contributed by atoms with E-state index >= 15 is 0 Å². The Morgan fingerprint density at radius 3 is 2.62 bits per heavy atom. The van der Waals surface area contributed by atoms with Crippen molar-refractivity contribution in [2.24, 2.45) is 10.2 Å². The van der Waals surface area contributed by atoms with Crippen LogP contribution in [0.25, 0.3) is 0 Å². The fourth-order valence-corrected chi connectivity index (χ4v) is 2.77. The van der Waals surface area contributed by atoms with Crippen molar-refractivity contribution in [2.75, 3.05) is 5.73 Å². The molecule has 0 aliphatic rings. The molecular weight excluding hydrogens is 375 g/mol. The number of aromatic nitrogens is 1. The van der Waals surface area contributed by atoms with Crippen molar-refractivity contribution in [3.63, 3.8) is 0 Å². The van der Waals surface area contributed by atoms with Crippen LogP contribution < -0.4 is 5.73 Å². The molecule has 0 radical (unpaired) electrons. The first-order chi connectivity index (χ1) is 13.9. The molecule has 0 atom stereocenters. The molecule has 2 N–H and O–H groups in total. The first-order valence-corrected chi connectivity index (χ1v) is 8.49. The Balaban J connectivity index is 2.01. The second-order valence-electron chi connectivity index (χ2n) is 6.16. The second kappa shape index (κ2) is 8.22. The molecule has 9 heteroatoms. The molecular formula is C20H15FN6O2. The van der Waals surface area contributed by atoms with Gasteiger partial charge in [0.2, 0.25) is 0 Å². The number of rotatable bonds is 5. The van der Waals surface area contributed by atoms with Crippen LogP contribution in [-0.2, 0) is 6.42 Å². The van der Waals surface area contributed by atoms with E-state index < -0.39 is 10.7 Å². The number of anilines is 1. The summed E-state index contributed by atoms with van der Waals surface area (Å²) in [6, 6.07) is 14.5. The van der Waals surface area contributed by atoms with Gasteiger partial charge in [0.05, 0.1) is 16.2 Å². The minimum Gasteiger partial charge on any atom is -0.382 e. The van der Waals surface area contributed by atoms with Crippen molar-refractivity contribution >= 4 is 22.9 Å². The van der Waals surface area contributed by atoms with Crippen LogP contribution in [0, 0.1) is 34.2 Å². The zero-order valence-electron chi connectivity index (χ0n) is 15.3. The van der Waals surface area contributed by atoms with E-state index in [4.69, 9.17) is 5.73 Å². The summed E-state index contributed by atoms with van der Waals surface area (Å²) in [4.78, 5) is 14.5. The quantitative estimate of drug-likeness (QED) is 0.376. The SMILES string of the molecule is Cc1c(C#N)c(Cc2ccccc2)nc(N)c1N=Nc1cc([N+](=O)[O-])ccc1F. The number of non-ortho nitro benzene ring substituents is 1. The summed E-state index contributed by atoms with van der Waals surface area (Å²) in [6.07, 6.45) is 0.408. The molecule has 0 fully saturated rings. The van der Waals surface area contributed by atoms with Gasteiger partial charge in [-0.15, -0.1) is 10.2 Å². The highest BCUT2D eigenvalue weighted by Gasteiger charge is 2.17. The van der Waals surface area contributed by atoms with Gasteiger partial charge < -0.3 is 5.73 Å². The molecule has 0 saturated carbocycles. The van der Waals surface area contributed by atoms with Gasteiger partial charge in [-0.3, -0.25) is 10.1 Å². The number of nitro groups is 1. The third-order valence-corrected chi connectivity index (χ3v) is 4.24. The van der Waals surface area contributed by atoms with Crippen LogP contribution >= 0.6 is 0 Å². The number of hydrogen-bond acceptors (Lipinski definition) is 7. The van der Waals surface area contributed by atoms with E-state index in [1.807, 2.05) is 30.3 Å². The van der Waals surface area contributed by atoms with Crippen molar-refractivity contribution in [1.82, 2.24) is 4.98 Å². The number of halogens is 1. The highest BCUT2D eigenvalue weighted by atomic mass is 19.1. The fourth-order valence-electron chi connectivity index (χ4n) is 2.77. The predicted octanol–water partition coefficient (Wildman–Crippen LogP) is 4.90. The molecule has 0 aliphatic carbocycles. The van der Waals surface area contributed by atoms with Gasteiger partial charge in [-0.05, 0) is 24.1 Å². The molecule has 3 rings (SSSR count). The number of nitrogen functional groups attached to an aromatic ring is 1. The predicted molar refractivity (Wildman–Crippen MR) is 105 cm³/mol. The van der Waals surface area contributed by atoms with Crippen LogP contribution in [0.15, 0.2) is 58.8 Å². The molecule has 0 unspecified atom stereocenters. The first-order valence-electron chi connectivity index (χ1n) is 8.49. The van der Waals surface area contributed by atoms with Crippen LogP contribution in [0.4, 0.5) is 27.3 Å². The highest BCUT2D eigenvalue weighted by molar-refractivity contribution is 5.67. The lowest BCUT2D eigenvalue weighted by molar-refractivity contribution is -0.384. The van der Waals surface area contributed by atoms with Crippen molar-refractivity contribution in [3.8, 4) is 6.07 Å². The highest BCUT2D eigenvalue weighted by Crippen LogP contribution is 2.33. The van der Waals surface area contributed by atoms with E-state index in [9.17, 15) is 19.8 Å². The van der Waals surface area contributed by atoms with Crippen LogP contribution in [-0.4, -0.2) is 9.91 Å². The molecule has 29 heavy (non-hydrogen) atoms. The molecule has 0 aliphatic heterocycles. The zero-order chi connectivity index (χ0) is 21.0. The Labute approximate surface area is 165 Å². The maximum atomic E-state index is 13.9. The van der Waals surface area contributed by atoms with Gasteiger partial charge in [-0.1, -0.05) is 30.3 Å². The fraction of sp³-hybridized carbons (Fsp3) is 0.100. The van der Waals surface area contributed by atoms with Crippen LogP contribution in [0.2, 0.25) is 0 Å². The molecule has 3 aromatic rings. The molecule has 2 aromatic carbocycles. The standard InChI is InChI=1S/C20H15FN6O2/c1-12-15(11-22)17(9-13-5-3-2-4-6-13)24-20(23)19(12)26-25-18-10-14(27(28)29)7-8-16(18)21/h2-8,10H,9H2,1H3,(H2,23,24). The summed E-state index contributed by atoms with van der Waals surface area (Å²) in [7, 11) is 0. The molecule has 0 amide bonds. The minimum atomic E-state index is -0.773. The van der Waals surface area contributed by atoms with Crippen molar-refractivity contribution in [1.29, 1.82) is 5.26 Å². The van der Waals surface area contributed by atoms with Gasteiger partial charge in [0.15, 0.2) is 11.6 Å². The van der Waals surface area contributed by atoms with Gasteiger partial charge in [-0.2, -0.15) is 5.26 Å². The Hall–Kier alpha value is -4.19. The second-order valence-corrected chi connectivity index (χ2v) is 6.16. The van der Waals surface area contributed by atoms with Gasteiger partial charge in [0.1, 0.15) is 17.4 Å². The summed E-state index contributed by atoms with van der Waals surface area (Å²) in [5, 5.41) is 28.1. The number of azo groups is 1. The van der Waals surface area contributed by atoms with Crippen molar-refractivity contribution < 1.29 is 9.31 Å². The third kappa shape index (κ3) is 4.22. The number of nitrogens with zero attached hydrogens (tertiary/aromatic N) is 5. The van der Waals surface area contributed by atoms with Crippen molar-refractivity contribution in [2.45, 2.75) is 13.3 Å². The largest absolute Gasteiger partial charge is 0.382 e. The topological polar surface area (TPSA) is 131 Å². The smallest absolute Gasteiger partial charge is 0.271 e. The van der Waals surface area contributed by atoms with Crippen LogP contribution in [0.3, 0.4) is 0 Å². The Morgan fingerprint density at radius 1 is 1.24 bits per heavy atom. The average Bonchev–Trinajstić information content (AvgIpc) is 2.69. The lowest BCUT2D eigenvalue weighted by atomic mass is 10.0. The van der Waals surface area contributed by atoms with E-state index in [-0.39, 0.29) is 22.9 Å². The summed E-state index contributed by atoms with van der Waals surface area (Å²) in [5.41, 5.74) is 7.69. The van der Waals surface area contributed by atoms with Gasteiger partial charge in [0.25, 0.3) is 5.69 Å². The number of nitriles is 1. The minimum absolute atomic E-state index is 0.0296. The third-order valence-electron chi connectivity index (χ3n) is 4.24. The summed E-state index contributed by atoms with van der Waals surface area (Å²) >= 11 is 0. The summed E-state index contributed by atoms with van der Waals surface area (Å²) in [6.45, 7) is 1.64. The number of nitro benzene ring substituents is 1. The Kier molecular flexibility index (Phi) is 5.55. The lowest BCUT2D eigenvalue weighted by Gasteiger charge is -2.10. The van der Waals surface area contributed by atoms with Gasteiger partial charge >= 0.3 is 0 Å². The molecule has 1 aromatic heterocycles. The molecule has 0 saturated heterocycles. The van der Waals surface area contributed by atoms with E-state index in [1.165, 1.54) is 0 Å². The average molecular weight is 390 g/mol. The zero-order valence-corrected chi connectivity index (χ0v) is 15.3.